The van der Waals surface area contributed by atoms with Gasteiger partial charge in [0.15, 0.2) is 0 Å². The number of likely N-dealkylation sites (N-methyl/N-ethyl adjacent to an activating group) is 1. The quantitative estimate of drug-likeness (QED) is 0.745. The lowest BCUT2D eigenvalue weighted by molar-refractivity contribution is 0.0763. The summed E-state index contributed by atoms with van der Waals surface area (Å²) in [5.74, 6) is -0.737. The average molecular weight is 373 g/mol. The Kier molecular flexibility index (Phi) is 6.17. The molecule has 0 aliphatic rings. The monoisotopic (exact) mass is 371 g/mol. The van der Waals surface area contributed by atoms with E-state index in [1.807, 2.05) is 37.3 Å². The second-order valence-electron chi connectivity index (χ2n) is 5.00. The number of aromatic hydroxyl groups is 1. The number of hydrogen-bond acceptors (Lipinski definition) is 2. The molecule has 0 radical (unpaired) electrons. The van der Waals surface area contributed by atoms with Crippen LogP contribution in [-0.2, 0) is 6.42 Å². The number of phenolic OH excluding ortho intramolecular Hbond substituents is 1. The van der Waals surface area contributed by atoms with Gasteiger partial charge in [0.25, 0.3) is 5.91 Å². The van der Waals surface area contributed by atoms with Gasteiger partial charge < -0.3 is 10.0 Å². The molecule has 0 atom stereocenters. The average Bonchev–Trinajstić information content (AvgIpc) is 2.55. The van der Waals surface area contributed by atoms with Crippen LogP contribution in [0.15, 0.2) is 36.4 Å². The van der Waals surface area contributed by atoms with Gasteiger partial charge in [0.2, 0.25) is 0 Å². The maximum absolute atomic E-state index is 12.7. The molecule has 6 heteroatoms. The van der Waals surface area contributed by atoms with Gasteiger partial charge in [0.05, 0.1) is 15.1 Å². The van der Waals surface area contributed by atoms with Crippen molar-refractivity contribution in [3.8, 4) is 5.75 Å². The van der Waals surface area contributed by atoms with E-state index in [1.54, 1.807) is 4.90 Å². The van der Waals surface area contributed by atoms with Gasteiger partial charge in [-0.05, 0) is 25.0 Å². The summed E-state index contributed by atoms with van der Waals surface area (Å²) in [6.07, 6.45) is 0.701. The van der Waals surface area contributed by atoms with Crippen LogP contribution in [-0.4, -0.2) is 29.0 Å². The molecule has 122 valence electrons. The Morgan fingerprint density at radius 3 is 2.39 bits per heavy atom. The van der Waals surface area contributed by atoms with Gasteiger partial charge in [-0.2, -0.15) is 0 Å². The topological polar surface area (TPSA) is 40.5 Å². The molecule has 2 aromatic carbocycles. The highest BCUT2D eigenvalue weighted by Gasteiger charge is 2.24. The molecule has 2 aromatic rings. The van der Waals surface area contributed by atoms with Crippen molar-refractivity contribution in [2.24, 2.45) is 0 Å². The molecule has 0 bridgehead atoms. The van der Waals surface area contributed by atoms with Crippen molar-refractivity contribution >= 4 is 40.7 Å². The van der Waals surface area contributed by atoms with Gasteiger partial charge in [-0.1, -0.05) is 65.1 Å². The van der Waals surface area contributed by atoms with E-state index in [1.165, 1.54) is 6.07 Å². The Bertz CT molecular complexity index is 678. The maximum atomic E-state index is 12.7. The number of hydrogen-bond donors (Lipinski definition) is 1. The number of benzene rings is 2. The summed E-state index contributed by atoms with van der Waals surface area (Å²) < 4.78 is 0. The second kappa shape index (κ2) is 7.91. The van der Waals surface area contributed by atoms with Gasteiger partial charge in [0, 0.05) is 13.1 Å². The fourth-order valence-electron chi connectivity index (χ4n) is 2.25. The molecule has 1 amide bonds. The van der Waals surface area contributed by atoms with E-state index in [0.29, 0.717) is 19.5 Å². The maximum Gasteiger partial charge on any atom is 0.259 e. The number of halogens is 3. The van der Waals surface area contributed by atoms with Crippen molar-refractivity contribution in [2.75, 3.05) is 13.1 Å². The Morgan fingerprint density at radius 1 is 1.13 bits per heavy atom. The third kappa shape index (κ3) is 4.11. The first-order chi connectivity index (χ1) is 11.0. The molecule has 0 saturated carbocycles. The first-order valence-electron chi connectivity index (χ1n) is 7.15. The predicted octanol–water partition coefficient (Wildman–Crippen LogP) is 5.06. The van der Waals surface area contributed by atoms with Crippen LogP contribution in [0.1, 0.15) is 22.8 Å². The zero-order valence-electron chi connectivity index (χ0n) is 12.5. The SMILES string of the molecule is CCN(CCc1ccccc1)C(=O)c1c(O)c(Cl)cc(Cl)c1Cl. The Hall–Kier alpha value is -1.42. The summed E-state index contributed by atoms with van der Waals surface area (Å²) in [6.45, 7) is 2.84. The number of carbonyl (C=O) groups excluding carboxylic acids is 1. The molecule has 0 unspecified atom stereocenters. The molecule has 0 heterocycles. The number of amides is 1. The standard InChI is InChI=1S/C17H16Cl3NO2/c1-2-21(9-8-11-6-4-3-5-7-11)17(23)14-15(20)12(18)10-13(19)16(14)22/h3-7,10,22H,2,8-9H2,1H3. The third-order valence-corrected chi connectivity index (χ3v) is 4.62. The minimum atomic E-state index is -0.393. The van der Waals surface area contributed by atoms with Gasteiger partial charge in [-0.3, -0.25) is 4.79 Å². The molecule has 23 heavy (non-hydrogen) atoms. The Labute approximate surface area is 150 Å². The van der Waals surface area contributed by atoms with Crippen LogP contribution in [0.3, 0.4) is 0 Å². The zero-order chi connectivity index (χ0) is 17.0. The van der Waals surface area contributed by atoms with E-state index in [0.717, 1.165) is 5.56 Å². The van der Waals surface area contributed by atoms with Crippen LogP contribution in [0.5, 0.6) is 5.75 Å². The minimum Gasteiger partial charge on any atom is -0.505 e. The van der Waals surface area contributed by atoms with Gasteiger partial charge >= 0.3 is 0 Å². The normalized spacial score (nSPS) is 10.6. The molecule has 3 nitrogen and oxygen atoms in total. The van der Waals surface area contributed by atoms with E-state index in [2.05, 4.69) is 0 Å². The third-order valence-electron chi connectivity index (χ3n) is 3.54. The largest absolute Gasteiger partial charge is 0.505 e. The first-order valence-corrected chi connectivity index (χ1v) is 8.28. The highest BCUT2D eigenvalue weighted by atomic mass is 35.5. The summed E-state index contributed by atoms with van der Waals surface area (Å²) >= 11 is 17.9. The van der Waals surface area contributed by atoms with E-state index in [9.17, 15) is 9.90 Å². The van der Waals surface area contributed by atoms with Gasteiger partial charge in [-0.15, -0.1) is 0 Å². The van der Waals surface area contributed by atoms with E-state index in [-0.39, 0.29) is 26.4 Å². The molecule has 1 N–H and O–H groups in total. The summed E-state index contributed by atoms with van der Waals surface area (Å²) in [7, 11) is 0. The molecular formula is C17H16Cl3NO2. The molecule has 0 spiro atoms. The zero-order valence-corrected chi connectivity index (χ0v) is 14.8. The fourth-order valence-corrected chi connectivity index (χ4v) is 2.94. The van der Waals surface area contributed by atoms with Crippen LogP contribution in [0.25, 0.3) is 0 Å². The van der Waals surface area contributed by atoms with Crippen molar-refractivity contribution in [1.29, 1.82) is 0 Å². The van der Waals surface area contributed by atoms with Gasteiger partial charge in [-0.25, -0.2) is 0 Å². The number of phenols is 1. The first kappa shape index (κ1) is 17.9. The van der Waals surface area contributed by atoms with Crippen LogP contribution in [0.2, 0.25) is 15.1 Å². The Balaban J connectivity index is 2.24. The molecule has 0 aliphatic heterocycles. The number of rotatable bonds is 5. The highest BCUT2D eigenvalue weighted by molar-refractivity contribution is 6.45. The summed E-state index contributed by atoms with van der Waals surface area (Å²) in [5.41, 5.74) is 1.07. The summed E-state index contributed by atoms with van der Waals surface area (Å²) in [4.78, 5) is 14.3. The summed E-state index contributed by atoms with van der Waals surface area (Å²) in [5, 5.41) is 10.2. The van der Waals surface area contributed by atoms with Crippen molar-refractivity contribution in [3.05, 3.63) is 62.6 Å². The smallest absolute Gasteiger partial charge is 0.259 e. The fraction of sp³-hybridized carbons (Fsp3) is 0.235. The van der Waals surface area contributed by atoms with Gasteiger partial charge in [0.1, 0.15) is 11.3 Å². The Morgan fingerprint density at radius 2 is 1.78 bits per heavy atom. The van der Waals surface area contributed by atoms with Crippen LogP contribution in [0.4, 0.5) is 0 Å². The van der Waals surface area contributed by atoms with Crippen LogP contribution < -0.4 is 0 Å². The predicted molar refractivity (Wildman–Crippen MR) is 94.9 cm³/mol. The minimum absolute atomic E-state index is 0.00172. The van der Waals surface area contributed by atoms with E-state index in [4.69, 9.17) is 34.8 Å². The lowest BCUT2D eigenvalue weighted by atomic mass is 10.1. The molecule has 0 aromatic heterocycles. The molecule has 0 fully saturated rings. The van der Waals surface area contributed by atoms with Crippen molar-refractivity contribution < 1.29 is 9.90 Å². The number of nitrogens with zero attached hydrogens (tertiary/aromatic N) is 1. The lowest BCUT2D eigenvalue weighted by Gasteiger charge is -2.22. The van der Waals surface area contributed by atoms with E-state index >= 15 is 0 Å². The lowest BCUT2D eigenvalue weighted by Crippen LogP contribution is -2.33. The van der Waals surface area contributed by atoms with Crippen molar-refractivity contribution in [1.82, 2.24) is 4.90 Å². The van der Waals surface area contributed by atoms with Crippen molar-refractivity contribution in [3.63, 3.8) is 0 Å². The second-order valence-corrected chi connectivity index (χ2v) is 6.19. The molecule has 2 rings (SSSR count). The molecule has 0 aliphatic carbocycles. The van der Waals surface area contributed by atoms with E-state index < -0.39 is 5.91 Å². The molecular weight excluding hydrogens is 357 g/mol. The van der Waals surface area contributed by atoms with Crippen molar-refractivity contribution in [2.45, 2.75) is 13.3 Å². The summed E-state index contributed by atoms with van der Waals surface area (Å²) in [6, 6.07) is 11.2. The number of carbonyl (C=O) groups is 1. The van der Waals surface area contributed by atoms with Crippen LogP contribution >= 0.6 is 34.8 Å². The molecule has 0 saturated heterocycles. The van der Waals surface area contributed by atoms with Crippen LogP contribution in [0, 0.1) is 0 Å². The highest BCUT2D eigenvalue weighted by Crippen LogP contribution is 2.39.